The van der Waals surface area contributed by atoms with Gasteiger partial charge in [-0.25, -0.2) is 4.79 Å². The number of piperidine rings is 1. The van der Waals surface area contributed by atoms with Crippen LogP contribution < -0.4 is 0 Å². The van der Waals surface area contributed by atoms with Crippen LogP contribution in [-0.2, 0) is 9.53 Å². The molecule has 18 heavy (non-hydrogen) atoms. The zero-order valence-electron chi connectivity index (χ0n) is 11.2. The van der Waals surface area contributed by atoms with E-state index in [9.17, 15) is 9.59 Å². The molecule has 5 nitrogen and oxygen atoms in total. The summed E-state index contributed by atoms with van der Waals surface area (Å²) in [4.78, 5) is 24.0. The largest absolute Gasteiger partial charge is 0.481 e. The topological polar surface area (TPSA) is 66.8 Å². The van der Waals surface area contributed by atoms with E-state index in [4.69, 9.17) is 9.84 Å². The molecule has 0 bridgehead atoms. The molecule has 1 saturated heterocycles. The van der Waals surface area contributed by atoms with Crippen LogP contribution in [-0.4, -0.2) is 41.8 Å². The summed E-state index contributed by atoms with van der Waals surface area (Å²) < 4.78 is 5.19. The number of nitrogens with zero attached hydrogens (tertiary/aromatic N) is 1. The summed E-state index contributed by atoms with van der Waals surface area (Å²) in [6.07, 6.45) is 2.49. The second-order valence-corrected chi connectivity index (χ2v) is 5.36. The van der Waals surface area contributed by atoms with Crippen molar-refractivity contribution >= 4 is 12.1 Å². The zero-order valence-corrected chi connectivity index (χ0v) is 11.2. The minimum absolute atomic E-state index is 0.180. The van der Waals surface area contributed by atoms with Gasteiger partial charge in [0.05, 0.1) is 6.61 Å². The van der Waals surface area contributed by atoms with E-state index in [0.29, 0.717) is 31.4 Å². The number of hydrogen-bond acceptors (Lipinski definition) is 3. The maximum Gasteiger partial charge on any atom is 0.409 e. The average molecular weight is 257 g/mol. The fraction of sp³-hybridized carbons (Fsp3) is 0.846. The van der Waals surface area contributed by atoms with E-state index in [1.807, 2.05) is 13.8 Å². The molecule has 1 aliphatic heterocycles. The molecule has 1 aliphatic rings. The van der Waals surface area contributed by atoms with Crippen LogP contribution >= 0.6 is 0 Å². The summed E-state index contributed by atoms with van der Waals surface area (Å²) in [5.41, 5.74) is 0. The number of carbonyl (C=O) groups is 2. The van der Waals surface area contributed by atoms with Gasteiger partial charge in [0, 0.05) is 19.5 Å². The molecule has 1 amide bonds. The molecule has 1 heterocycles. The molecule has 0 aliphatic carbocycles. The van der Waals surface area contributed by atoms with Crippen molar-refractivity contribution in [2.24, 2.45) is 11.8 Å². The number of rotatable bonds is 5. The van der Waals surface area contributed by atoms with Crippen molar-refractivity contribution in [3.05, 3.63) is 0 Å². The number of likely N-dealkylation sites (tertiary alicyclic amines) is 1. The fourth-order valence-electron chi connectivity index (χ4n) is 2.12. The Bertz CT molecular complexity index is 291. The Morgan fingerprint density at radius 1 is 1.44 bits per heavy atom. The Morgan fingerprint density at radius 2 is 2.17 bits per heavy atom. The summed E-state index contributed by atoms with van der Waals surface area (Å²) >= 11 is 0. The smallest absolute Gasteiger partial charge is 0.409 e. The van der Waals surface area contributed by atoms with Crippen molar-refractivity contribution in [2.75, 3.05) is 19.7 Å². The highest BCUT2D eigenvalue weighted by atomic mass is 16.6. The first-order valence-electron chi connectivity index (χ1n) is 6.62. The molecule has 0 aromatic carbocycles. The van der Waals surface area contributed by atoms with Crippen molar-refractivity contribution < 1.29 is 19.4 Å². The van der Waals surface area contributed by atoms with Gasteiger partial charge in [-0.2, -0.15) is 0 Å². The summed E-state index contributed by atoms with van der Waals surface area (Å²) in [6, 6.07) is 0. The van der Waals surface area contributed by atoms with Gasteiger partial charge in [0.25, 0.3) is 0 Å². The predicted molar refractivity (Wildman–Crippen MR) is 67.4 cm³/mol. The van der Waals surface area contributed by atoms with Crippen LogP contribution in [0.1, 0.15) is 39.5 Å². The predicted octanol–water partition coefficient (Wildman–Crippen LogP) is 2.36. The highest BCUT2D eigenvalue weighted by Gasteiger charge is 2.24. The van der Waals surface area contributed by atoms with Crippen LogP contribution in [0.5, 0.6) is 0 Å². The first-order chi connectivity index (χ1) is 8.49. The van der Waals surface area contributed by atoms with E-state index < -0.39 is 5.97 Å². The molecule has 1 unspecified atom stereocenters. The number of carbonyl (C=O) groups excluding carboxylic acids is 1. The molecule has 1 N–H and O–H groups in total. The lowest BCUT2D eigenvalue weighted by molar-refractivity contribution is -0.137. The number of amides is 1. The molecule has 104 valence electrons. The lowest BCUT2D eigenvalue weighted by Crippen LogP contribution is -2.40. The van der Waals surface area contributed by atoms with E-state index in [2.05, 4.69) is 0 Å². The fourth-order valence-corrected chi connectivity index (χ4v) is 2.12. The van der Waals surface area contributed by atoms with Gasteiger partial charge in [-0.05, 0) is 31.1 Å². The van der Waals surface area contributed by atoms with Crippen molar-refractivity contribution in [1.82, 2.24) is 4.90 Å². The van der Waals surface area contributed by atoms with Gasteiger partial charge in [0.2, 0.25) is 0 Å². The number of ether oxygens (including phenoxy) is 1. The molecule has 1 rings (SSSR count). The Balaban J connectivity index is 2.33. The van der Waals surface area contributed by atoms with Crippen molar-refractivity contribution in [3.8, 4) is 0 Å². The Hall–Kier alpha value is -1.26. The molecule has 0 spiro atoms. The third-order valence-corrected chi connectivity index (χ3v) is 3.08. The molecular formula is C13H23NO4. The lowest BCUT2D eigenvalue weighted by Gasteiger charge is -2.32. The normalized spacial score (nSPS) is 19.9. The number of carboxylic acid groups (broad SMARTS) is 1. The van der Waals surface area contributed by atoms with Crippen LogP contribution in [0.4, 0.5) is 4.79 Å². The average Bonchev–Trinajstić information content (AvgIpc) is 2.33. The van der Waals surface area contributed by atoms with E-state index >= 15 is 0 Å². The lowest BCUT2D eigenvalue weighted by atomic mass is 9.94. The maximum absolute atomic E-state index is 11.8. The van der Waals surface area contributed by atoms with Crippen LogP contribution in [0.15, 0.2) is 0 Å². The second kappa shape index (κ2) is 7.24. The molecule has 0 aromatic heterocycles. The highest BCUT2D eigenvalue weighted by Crippen LogP contribution is 2.21. The summed E-state index contributed by atoms with van der Waals surface area (Å²) in [7, 11) is 0. The zero-order chi connectivity index (χ0) is 13.5. The molecule has 0 saturated carbocycles. The molecule has 1 atom stereocenters. The first-order valence-corrected chi connectivity index (χ1v) is 6.62. The summed E-state index contributed by atoms with van der Waals surface area (Å²) in [5, 5.41) is 8.66. The van der Waals surface area contributed by atoms with Gasteiger partial charge in [-0.3, -0.25) is 4.79 Å². The Kier molecular flexibility index (Phi) is 5.95. The molecule has 1 fully saturated rings. The van der Waals surface area contributed by atoms with Crippen LogP contribution in [0.25, 0.3) is 0 Å². The highest BCUT2D eigenvalue weighted by molar-refractivity contribution is 5.68. The Morgan fingerprint density at radius 3 is 2.78 bits per heavy atom. The van der Waals surface area contributed by atoms with Gasteiger partial charge in [0.1, 0.15) is 0 Å². The van der Waals surface area contributed by atoms with Gasteiger partial charge in [-0.15, -0.1) is 0 Å². The molecular weight excluding hydrogens is 234 g/mol. The minimum atomic E-state index is -0.769. The second-order valence-electron chi connectivity index (χ2n) is 5.36. The van der Waals surface area contributed by atoms with Crippen LogP contribution in [0.3, 0.4) is 0 Å². The number of carboxylic acids is 1. The molecule has 5 heteroatoms. The summed E-state index contributed by atoms with van der Waals surface area (Å²) in [6.45, 7) is 5.79. The SMILES string of the molecule is CC(C)COC(=O)N1CCCC(CCC(=O)O)C1. The van der Waals surface area contributed by atoms with Crippen LogP contribution in [0.2, 0.25) is 0 Å². The van der Waals surface area contributed by atoms with Gasteiger partial charge in [0.15, 0.2) is 0 Å². The van der Waals surface area contributed by atoms with Gasteiger partial charge >= 0.3 is 12.1 Å². The number of hydrogen-bond donors (Lipinski definition) is 1. The van der Waals surface area contributed by atoms with E-state index in [1.54, 1.807) is 4.90 Å². The van der Waals surface area contributed by atoms with Crippen LogP contribution in [0, 0.1) is 11.8 Å². The third-order valence-electron chi connectivity index (χ3n) is 3.08. The minimum Gasteiger partial charge on any atom is -0.481 e. The van der Waals surface area contributed by atoms with E-state index in [1.165, 1.54) is 0 Å². The van der Waals surface area contributed by atoms with Crippen molar-refractivity contribution in [3.63, 3.8) is 0 Å². The quantitative estimate of drug-likeness (QED) is 0.821. The molecule has 0 radical (unpaired) electrons. The first kappa shape index (κ1) is 14.8. The van der Waals surface area contributed by atoms with Crippen molar-refractivity contribution in [1.29, 1.82) is 0 Å². The van der Waals surface area contributed by atoms with E-state index in [0.717, 1.165) is 19.4 Å². The third kappa shape index (κ3) is 5.38. The van der Waals surface area contributed by atoms with Gasteiger partial charge < -0.3 is 14.7 Å². The number of aliphatic carboxylic acids is 1. The van der Waals surface area contributed by atoms with Crippen molar-refractivity contribution in [2.45, 2.75) is 39.5 Å². The Labute approximate surface area is 108 Å². The van der Waals surface area contributed by atoms with Gasteiger partial charge in [-0.1, -0.05) is 13.8 Å². The van der Waals surface area contributed by atoms with E-state index in [-0.39, 0.29) is 12.5 Å². The standard InChI is InChI=1S/C13H23NO4/c1-10(2)9-18-13(17)14-7-3-4-11(8-14)5-6-12(15)16/h10-11H,3-9H2,1-2H3,(H,15,16). The monoisotopic (exact) mass is 257 g/mol. The maximum atomic E-state index is 11.8. The summed E-state index contributed by atoms with van der Waals surface area (Å²) in [5.74, 6) is -0.141. The molecule has 0 aromatic rings.